The molecule has 0 saturated carbocycles. The highest BCUT2D eigenvalue weighted by Crippen LogP contribution is 2.32. The summed E-state index contributed by atoms with van der Waals surface area (Å²) in [7, 11) is 0. The molecule has 0 fully saturated rings. The third-order valence-electron chi connectivity index (χ3n) is 2.95. The summed E-state index contributed by atoms with van der Waals surface area (Å²) in [5.74, 6) is 0.286. The summed E-state index contributed by atoms with van der Waals surface area (Å²) in [6, 6.07) is 2.65. The van der Waals surface area contributed by atoms with Crippen LogP contribution in [-0.4, -0.2) is 17.6 Å². The minimum Gasteiger partial charge on any atom is -0.409 e. The van der Waals surface area contributed by atoms with E-state index in [9.17, 15) is 0 Å². The maximum Gasteiger partial charge on any atom is 0.140 e. The zero-order chi connectivity index (χ0) is 11.4. The monoisotopic (exact) mass is 239 g/mol. The number of nitrogens with one attached hydrogen (secondary N) is 1. The van der Waals surface area contributed by atoms with Crippen LogP contribution >= 0.6 is 11.3 Å². The van der Waals surface area contributed by atoms with Crippen LogP contribution in [0.1, 0.15) is 35.7 Å². The van der Waals surface area contributed by atoms with Crippen LogP contribution < -0.4 is 11.1 Å². The van der Waals surface area contributed by atoms with Gasteiger partial charge >= 0.3 is 0 Å². The quantitative estimate of drug-likeness (QED) is 0.325. The number of fused-ring (bicyclic) bond motifs is 1. The molecule has 1 aliphatic rings. The summed E-state index contributed by atoms with van der Waals surface area (Å²) < 4.78 is 0. The van der Waals surface area contributed by atoms with Crippen LogP contribution in [0.2, 0.25) is 0 Å². The van der Waals surface area contributed by atoms with E-state index < -0.39 is 0 Å². The number of aryl methyl sites for hydroxylation is 1. The number of nitrogens with zero attached hydrogens (tertiary/aromatic N) is 1. The van der Waals surface area contributed by atoms with Gasteiger partial charge in [0.15, 0.2) is 0 Å². The van der Waals surface area contributed by atoms with Crippen molar-refractivity contribution in [2.24, 2.45) is 10.9 Å². The third-order valence-corrected chi connectivity index (χ3v) is 3.95. The van der Waals surface area contributed by atoms with Crippen molar-refractivity contribution in [1.29, 1.82) is 0 Å². The lowest BCUT2D eigenvalue weighted by Gasteiger charge is -2.23. The molecule has 0 bridgehead atoms. The van der Waals surface area contributed by atoms with Crippen LogP contribution in [0.15, 0.2) is 16.6 Å². The standard InChI is InChI=1S/C11H17N3OS/c12-11(14-15)4-6-13-9-2-1-3-10-8(9)5-7-16-10/h5,7,9,13,15H,1-4,6H2,(H2,12,14). The molecule has 4 nitrogen and oxygen atoms in total. The van der Waals surface area contributed by atoms with Crippen molar-refractivity contribution in [3.05, 3.63) is 21.9 Å². The highest BCUT2D eigenvalue weighted by atomic mass is 32.1. The van der Waals surface area contributed by atoms with Gasteiger partial charge < -0.3 is 16.3 Å². The molecule has 0 spiro atoms. The van der Waals surface area contributed by atoms with Gasteiger partial charge in [-0.2, -0.15) is 0 Å². The van der Waals surface area contributed by atoms with Crippen molar-refractivity contribution in [2.45, 2.75) is 31.7 Å². The van der Waals surface area contributed by atoms with Gasteiger partial charge in [0.2, 0.25) is 0 Å². The first-order chi connectivity index (χ1) is 7.81. The van der Waals surface area contributed by atoms with Gasteiger partial charge in [0, 0.05) is 23.9 Å². The van der Waals surface area contributed by atoms with E-state index >= 15 is 0 Å². The number of amidine groups is 1. The van der Waals surface area contributed by atoms with E-state index in [0.29, 0.717) is 12.5 Å². The number of hydrogen-bond donors (Lipinski definition) is 3. The average molecular weight is 239 g/mol. The molecule has 0 saturated heterocycles. The molecule has 1 aromatic rings. The molecule has 5 heteroatoms. The zero-order valence-corrected chi connectivity index (χ0v) is 9.96. The molecule has 1 unspecified atom stereocenters. The van der Waals surface area contributed by atoms with Crippen LogP contribution in [0.4, 0.5) is 0 Å². The minimum absolute atomic E-state index is 0.286. The summed E-state index contributed by atoms with van der Waals surface area (Å²) in [5.41, 5.74) is 6.87. The number of hydrogen-bond acceptors (Lipinski definition) is 4. The molecular formula is C11H17N3OS. The van der Waals surface area contributed by atoms with Crippen molar-refractivity contribution in [1.82, 2.24) is 5.32 Å². The third kappa shape index (κ3) is 2.54. The van der Waals surface area contributed by atoms with Crippen LogP contribution in [0.3, 0.4) is 0 Å². The Hall–Kier alpha value is -1.07. The Kier molecular flexibility index (Phi) is 3.79. The molecule has 88 valence electrons. The first-order valence-corrected chi connectivity index (χ1v) is 6.45. The Labute approximate surface area is 99.2 Å². The second-order valence-electron chi connectivity index (χ2n) is 4.04. The summed E-state index contributed by atoms with van der Waals surface area (Å²) in [6.07, 6.45) is 4.23. The Bertz CT molecular complexity index is 375. The molecule has 0 aliphatic heterocycles. The number of nitrogens with two attached hydrogens (primary N) is 1. The Balaban J connectivity index is 1.88. The smallest absolute Gasteiger partial charge is 0.140 e. The van der Waals surface area contributed by atoms with Gasteiger partial charge in [0.25, 0.3) is 0 Å². The van der Waals surface area contributed by atoms with Crippen molar-refractivity contribution in [3.63, 3.8) is 0 Å². The largest absolute Gasteiger partial charge is 0.409 e. The molecule has 2 rings (SSSR count). The predicted octanol–water partition coefficient (Wildman–Crippen LogP) is 1.85. The molecule has 0 aromatic carbocycles. The van der Waals surface area contributed by atoms with Crippen LogP contribution in [0.25, 0.3) is 0 Å². The predicted molar refractivity (Wildman–Crippen MR) is 66.0 cm³/mol. The Morgan fingerprint density at radius 1 is 1.69 bits per heavy atom. The van der Waals surface area contributed by atoms with Gasteiger partial charge in [-0.1, -0.05) is 5.16 Å². The molecular weight excluding hydrogens is 222 g/mol. The fraction of sp³-hybridized carbons (Fsp3) is 0.545. The second-order valence-corrected chi connectivity index (χ2v) is 5.04. The first kappa shape index (κ1) is 11.4. The highest BCUT2D eigenvalue weighted by molar-refractivity contribution is 7.10. The summed E-state index contributed by atoms with van der Waals surface area (Å²) in [6.45, 7) is 0.760. The molecule has 1 heterocycles. The number of rotatable bonds is 4. The van der Waals surface area contributed by atoms with Gasteiger partial charge in [0.1, 0.15) is 5.84 Å². The fourth-order valence-electron chi connectivity index (χ4n) is 2.12. The van der Waals surface area contributed by atoms with E-state index in [0.717, 1.165) is 6.54 Å². The summed E-state index contributed by atoms with van der Waals surface area (Å²) in [5, 5.41) is 17.0. The van der Waals surface area contributed by atoms with E-state index in [-0.39, 0.29) is 5.84 Å². The zero-order valence-electron chi connectivity index (χ0n) is 9.15. The SMILES string of the molecule is NC(CCNC1CCCc2sccc21)=NO. The number of thiophene rings is 1. The van der Waals surface area contributed by atoms with Crippen LogP contribution in [0.5, 0.6) is 0 Å². The van der Waals surface area contributed by atoms with Gasteiger partial charge in [-0.05, 0) is 36.3 Å². The first-order valence-electron chi connectivity index (χ1n) is 5.57. The Morgan fingerprint density at radius 3 is 3.38 bits per heavy atom. The minimum atomic E-state index is 0.286. The maximum atomic E-state index is 8.43. The number of oxime groups is 1. The lowest BCUT2D eigenvalue weighted by molar-refractivity contribution is 0.316. The molecule has 0 amide bonds. The van der Waals surface area contributed by atoms with Crippen molar-refractivity contribution >= 4 is 17.2 Å². The molecule has 0 radical (unpaired) electrons. The van der Waals surface area contributed by atoms with Crippen LogP contribution in [0, 0.1) is 0 Å². The summed E-state index contributed by atoms with van der Waals surface area (Å²) >= 11 is 1.84. The normalized spacial score (nSPS) is 20.8. The maximum absolute atomic E-state index is 8.43. The Morgan fingerprint density at radius 2 is 2.56 bits per heavy atom. The topological polar surface area (TPSA) is 70.6 Å². The van der Waals surface area contributed by atoms with Gasteiger partial charge in [-0.25, -0.2) is 0 Å². The van der Waals surface area contributed by atoms with Gasteiger partial charge in [0.05, 0.1) is 0 Å². The molecule has 4 N–H and O–H groups in total. The van der Waals surface area contributed by atoms with E-state index in [4.69, 9.17) is 10.9 Å². The van der Waals surface area contributed by atoms with E-state index in [1.54, 1.807) is 0 Å². The molecule has 1 atom stereocenters. The van der Waals surface area contributed by atoms with Gasteiger partial charge in [-0.3, -0.25) is 0 Å². The van der Waals surface area contributed by atoms with Crippen LogP contribution in [-0.2, 0) is 6.42 Å². The summed E-state index contributed by atoms with van der Waals surface area (Å²) in [4.78, 5) is 1.51. The molecule has 1 aromatic heterocycles. The van der Waals surface area contributed by atoms with Crippen molar-refractivity contribution in [3.8, 4) is 0 Å². The van der Waals surface area contributed by atoms with Crippen molar-refractivity contribution < 1.29 is 5.21 Å². The van der Waals surface area contributed by atoms with E-state index in [2.05, 4.69) is 21.9 Å². The average Bonchev–Trinajstić information content (AvgIpc) is 2.77. The van der Waals surface area contributed by atoms with E-state index in [1.165, 1.54) is 29.7 Å². The lowest BCUT2D eigenvalue weighted by Crippen LogP contribution is -2.28. The highest BCUT2D eigenvalue weighted by Gasteiger charge is 2.20. The van der Waals surface area contributed by atoms with Gasteiger partial charge in [-0.15, -0.1) is 11.3 Å². The molecule has 16 heavy (non-hydrogen) atoms. The molecule has 1 aliphatic carbocycles. The second kappa shape index (κ2) is 5.32. The lowest BCUT2D eigenvalue weighted by atomic mass is 9.94. The van der Waals surface area contributed by atoms with Crippen molar-refractivity contribution in [2.75, 3.05) is 6.54 Å². The fourth-order valence-corrected chi connectivity index (χ4v) is 3.11. The van der Waals surface area contributed by atoms with E-state index in [1.807, 2.05) is 11.3 Å².